The van der Waals surface area contributed by atoms with Crippen LogP contribution in [-0.4, -0.2) is 76.3 Å². The summed E-state index contributed by atoms with van der Waals surface area (Å²) in [7, 11) is 1.78. The number of hydrogen-bond acceptors (Lipinski definition) is 8. The van der Waals surface area contributed by atoms with E-state index in [4.69, 9.17) is 4.98 Å². The smallest absolute Gasteiger partial charge is 0.255 e. The molecule has 0 amide bonds. The molecule has 226 valence electrons. The van der Waals surface area contributed by atoms with Gasteiger partial charge in [0.1, 0.15) is 6.33 Å². The first-order valence-corrected chi connectivity index (χ1v) is 13.6. The van der Waals surface area contributed by atoms with Crippen LogP contribution in [0, 0.1) is 0 Å². The van der Waals surface area contributed by atoms with Gasteiger partial charge in [-0.25, -0.2) is 15.0 Å². The molecule has 41 heavy (non-hydrogen) atoms. The zero-order valence-corrected chi connectivity index (χ0v) is 26.5. The van der Waals surface area contributed by atoms with Crippen molar-refractivity contribution < 1.29 is 0 Å². The van der Waals surface area contributed by atoms with Crippen LogP contribution in [0.4, 0.5) is 11.6 Å². The molecule has 3 aromatic rings. The van der Waals surface area contributed by atoms with Crippen molar-refractivity contribution in [2.45, 2.75) is 37.8 Å². The number of likely N-dealkylation sites (tertiary alicyclic amines) is 1. The van der Waals surface area contributed by atoms with Crippen molar-refractivity contribution >= 4 is 61.3 Å². The van der Waals surface area contributed by atoms with E-state index in [1.54, 1.807) is 23.9 Å². The Morgan fingerprint density at radius 1 is 0.854 bits per heavy atom. The minimum absolute atomic E-state index is 0. The lowest BCUT2D eigenvalue weighted by Gasteiger charge is -2.38. The van der Waals surface area contributed by atoms with E-state index in [1.165, 1.54) is 62.4 Å². The number of rotatable bonds is 5. The van der Waals surface area contributed by atoms with Crippen molar-refractivity contribution in [2.24, 2.45) is 7.05 Å². The second-order valence-corrected chi connectivity index (χ2v) is 10.4. The van der Waals surface area contributed by atoms with E-state index in [0.29, 0.717) is 17.3 Å². The van der Waals surface area contributed by atoms with Gasteiger partial charge in [-0.2, -0.15) is 0 Å². The second-order valence-electron chi connectivity index (χ2n) is 10.4. The van der Waals surface area contributed by atoms with Crippen molar-refractivity contribution in [3.8, 4) is 11.4 Å². The van der Waals surface area contributed by atoms with Gasteiger partial charge in [-0.1, -0.05) is 12.1 Å². The molecule has 1 N–H and O–H groups in total. The summed E-state index contributed by atoms with van der Waals surface area (Å²) in [5.41, 5.74) is 3.72. The monoisotopic (exact) mass is 644 g/mol. The Morgan fingerprint density at radius 3 is 2.22 bits per heavy atom. The maximum Gasteiger partial charge on any atom is 0.255 e. The highest BCUT2D eigenvalue weighted by molar-refractivity contribution is 5.86. The predicted molar refractivity (Wildman–Crippen MR) is 175 cm³/mol. The molecule has 13 heteroatoms. The van der Waals surface area contributed by atoms with Crippen molar-refractivity contribution in [1.82, 2.24) is 29.7 Å². The Hall–Kier alpha value is -2.14. The highest BCUT2D eigenvalue weighted by Crippen LogP contribution is 2.28. The van der Waals surface area contributed by atoms with Crippen LogP contribution in [0.15, 0.2) is 53.7 Å². The molecular formula is C28H40Cl4N8O. The maximum atomic E-state index is 12.7. The molecule has 0 saturated carbocycles. The van der Waals surface area contributed by atoms with Crippen LogP contribution in [0.2, 0.25) is 0 Å². The Labute approximate surface area is 266 Å². The zero-order chi connectivity index (χ0) is 25.2. The van der Waals surface area contributed by atoms with Crippen LogP contribution in [0.5, 0.6) is 0 Å². The number of nitrogens with one attached hydrogen (secondary N) is 1. The third-order valence-electron chi connectivity index (χ3n) is 8.20. The molecule has 2 aromatic heterocycles. The first kappa shape index (κ1) is 35.1. The van der Waals surface area contributed by atoms with E-state index >= 15 is 0 Å². The van der Waals surface area contributed by atoms with Crippen LogP contribution >= 0.6 is 49.6 Å². The Morgan fingerprint density at radius 2 is 1.56 bits per heavy atom. The van der Waals surface area contributed by atoms with Gasteiger partial charge in [0.2, 0.25) is 5.95 Å². The van der Waals surface area contributed by atoms with E-state index in [2.05, 4.69) is 54.2 Å². The summed E-state index contributed by atoms with van der Waals surface area (Å²) in [6.07, 6.45) is 8.42. The first-order chi connectivity index (χ1) is 18.2. The number of nitrogens with zero attached hydrogens (tertiary/aromatic N) is 7. The number of hydrogen-bond donors (Lipinski definition) is 1. The lowest BCUT2D eigenvalue weighted by atomic mass is 10.0. The van der Waals surface area contributed by atoms with Gasteiger partial charge in [0.05, 0.1) is 11.4 Å². The fourth-order valence-corrected chi connectivity index (χ4v) is 6.05. The van der Waals surface area contributed by atoms with Gasteiger partial charge in [-0.15, -0.1) is 49.6 Å². The standard InChI is InChI=1S/C28H36N8O.4ClH/c1-33-27(37)18-25(24-8-11-29-20-31-24)32-28(33)36-17-12-30-26(19-36)21-4-6-22(7-5-21)35-15-9-23(10-16-35)34-13-2-3-14-34;;;;/h4-8,11,18,20,23,26,30H,2-3,9-10,12-17,19H2,1H3;4*1H/t26-;;;;/m1..../s1. The molecule has 3 aliphatic rings. The van der Waals surface area contributed by atoms with Gasteiger partial charge in [-0.3, -0.25) is 9.36 Å². The van der Waals surface area contributed by atoms with Gasteiger partial charge in [0.25, 0.3) is 5.56 Å². The minimum atomic E-state index is -0.0912. The normalized spacial score (nSPS) is 19.4. The quantitative estimate of drug-likeness (QED) is 0.444. The topological polar surface area (TPSA) is 82.4 Å². The molecular weight excluding hydrogens is 606 g/mol. The lowest BCUT2D eigenvalue weighted by molar-refractivity contribution is 0.208. The first-order valence-electron chi connectivity index (χ1n) is 13.6. The van der Waals surface area contributed by atoms with Crippen LogP contribution in [0.25, 0.3) is 11.4 Å². The molecule has 0 unspecified atom stereocenters. The molecule has 5 heterocycles. The average Bonchev–Trinajstić information content (AvgIpc) is 3.50. The van der Waals surface area contributed by atoms with E-state index < -0.39 is 0 Å². The molecule has 0 aliphatic carbocycles. The molecule has 0 spiro atoms. The SMILES string of the molecule is Cl.Cl.Cl.Cl.Cn1c(N2CCN[C@@H](c3ccc(N4CCC(N5CCCC5)CC4)cc3)C2)nc(-c2ccncn2)cc1=O. The number of piperidine rings is 1. The Balaban J connectivity index is 0.00000147. The molecule has 1 aromatic carbocycles. The van der Waals surface area contributed by atoms with Crippen molar-refractivity contribution in [1.29, 1.82) is 0 Å². The number of piperazine rings is 1. The van der Waals surface area contributed by atoms with Crippen LogP contribution in [0.3, 0.4) is 0 Å². The van der Waals surface area contributed by atoms with E-state index in [1.807, 2.05) is 0 Å². The molecule has 6 rings (SSSR count). The van der Waals surface area contributed by atoms with Gasteiger partial charge in [0, 0.05) is 69.8 Å². The van der Waals surface area contributed by atoms with Gasteiger partial charge in [-0.05, 0) is 62.5 Å². The van der Waals surface area contributed by atoms with Crippen LogP contribution in [0.1, 0.15) is 37.3 Å². The molecule has 3 saturated heterocycles. The highest BCUT2D eigenvalue weighted by Gasteiger charge is 2.27. The van der Waals surface area contributed by atoms with Crippen LogP contribution < -0.4 is 20.7 Å². The summed E-state index contributed by atoms with van der Waals surface area (Å²) in [6, 6.07) is 13.3. The molecule has 9 nitrogen and oxygen atoms in total. The summed E-state index contributed by atoms with van der Waals surface area (Å²) in [5.74, 6) is 0.671. The number of halogens is 4. The summed E-state index contributed by atoms with van der Waals surface area (Å²) in [4.78, 5) is 33.3. The predicted octanol–water partition coefficient (Wildman–Crippen LogP) is 4.14. The minimum Gasteiger partial charge on any atom is -0.371 e. The molecule has 1 atom stereocenters. The average molecular weight is 646 g/mol. The third kappa shape index (κ3) is 7.83. The summed E-state index contributed by atoms with van der Waals surface area (Å²) in [5, 5.41) is 3.65. The zero-order valence-electron chi connectivity index (χ0n) is 23.2. The van der Waals surface area contributed by atoms with E-state index in [9.17, 15) is 4.79 Å². The molecule has 3 aliphatic heterocycles. The molecule has 0 radical (unpaired) electrons. The third-order valence-corrected chi connectivity index (χ3v) is 8.20. The second kappa shape index (κ2) is 15.9. The van der Waals surface area contributed by atoms with Gasteiger partial charge < -0.3 is 20.0 Å². The van der Waals surface area contributed by atoms with E-state index in [-0.39, 0.29) is 61.2 Å². The fourth-order valence-electron chi connectivity index (χ4n) is 6.05. The molecule has 0 bridgehead atoms. The van der Waals surface area contributed by atoms with Crippen molar-refractivity contribution in [2.75, 3.05) is 55.6 Å². The number of aromatic nitrogens is 4. The van der Waals surface area contributed by atoms with E-state index in [0.717, 1.165) is 38.8 Å². The van der Waals surface area contributed by atoms with Gasteiger partial charge in [0.15, 0.2) is 0 Å². The molecule has 3 fully saturated rings. The lowest BCUT2D eigenvalue weighted by Crippen LogP contribution is -2.47. The van der Waals surface area contributed by atoms with Crippen molar-refractivity contribution in [3.05, 3.63) is 64.8 Å². The Kier molecular flexibility index (Phi) is 13.6. The van der Waals surface area contributed by atoms with Gasteiger partial charge >= 0.3 is 0 Å². The largest absolute Gasteiger partial charge is 0.371 e. The van der Waals surface area contributed by atoms with Crippen molar-refractivity contribution in [3.63, 3.8) is 0 Å². The summed E-state index contributed by atoms with van der Waals surface area (Å²) < 4.78 is 1.63. The Bertz CT molecular complexity index is 1270. The summed E-state index contributed by atoms with van der Waals surface area (Å²) >= 11 is 0. The number of benzene rings is 1. The fraction of sp³-hybridized carbons (Fsp3) is 0.500. The highest BCUT2D eigenvalue weighted by atomic mass is 35.5. The number of anilines is 2. The maximum absolute atomic E-state index is 12.7. The van der Waals surface area contributed by atoms with Crippen LogP contribution in [-0.2, 0) is 7.05 Å². The summed E-state index contributed by atoms with van der Waals surface area (Å²) in [6.45, 7) is 7.21.